The minimum absolute atomic E-state index is 0.0260. The van der Waals surface area contributed by atoms with Crippen LogP contribution < -0.4 is 10.1 Å². The summed E-state index contributed by atoms with van der Waals surface area (Å²) in [4.78, 5) is 12.8. The molecule has 1 aliphatic heterocycles. The highest BCUT2D eigenvalue weighted by Crippen LogP contribution is 2.30. The van der Waals surface area contributed by atoms with Crippen molar-refractivity contribution >= 4 is 31.9 Å². The number of amides is 1. The molecule has 1 atom stereocenters. The Hall–Kier alpha value is -1.90. The first-order chi connectivity index (χ1) is 13.3. The molecule has 1 unspecified atom stereocenters. The molecular formula is C20H23BrN2O4S. The molecule has 1 amide bonds. The molecule has 0 radical (unpaired) electrons. The highest BCUT2D eigenvalue weighted by Gasteiger charge is 2.30. The van der Waals surface area contributed by atoms with Crippen LogP contribution in [0.25, 0.3) is 0 Å². The topological polar surface area (TPSA) is 75.7 Å². The third-order valence-electron chi connectivity index (χ3n) is 4.83. The van der Waals surface area contributed by atoms with Crippen LogP contribution in [-0.2, 0) is 10.0 Å². The first-order valence-corrected chi connectivity index (χ1v) is 11.3. The van der Waals surface area contributed by atoms with Crippen LogP contribution in [0.2, 0.25) is 0 Å². The lowest BCUT2D eigenvalue weighted by Crippen LogP contribution is -2.29. The number of nitrogens with one attached hydrogen (secondary N) is 1. The molecule has 28 heavy (non-hydrogen) atoms. The van der Waals surface area contributed by atoms with E-state index in [9.17, 15) is 13.2 Å². The third-order valence-corrected chi connectivity index (χ3v) is 7.47. The maximum absolute atomic E-state index is 13.0. The Bertz CT molecular complexity index is 972. The smallest absolute Gasteiger partial charge is 0.251 e. The summed E-state index contributed by atoms with van der Waals surface area (Å²) in [6, 6.07) is 11.9. The van der Waals surface area contributed by atoms with Crippen LogP contribution >= 0.6 is 15.9 Å². The van der Waals surface area contributed by atoms with E-state index in [0.29, 0.717) is 13.1 Å². The number of carbonyl (C=O) groups is 1. The Kier molecular flexibility index (Phi) is 6.42. The fourth-order valence-electron chi connectivity index (χ4n) is 3.27. The normalized spacial score (nSPS) is 16.0. The van der Waals surface area contributed by atoms with E-state index < -0.39 is 10.0 Å². The van der Waals surface area contributed by atoms with Crippen molar-refractivity contribution in [2.75, 3.05) is 20.2 Å². The lowest BCUT2D eigenvalue weighted by atomic mass is 10.1. The molecule has 0 spiro atoms. The predicted octanol–water partition coefficient (Wildman–Crippen LogP) is 3.73. The Morgan fingerprint density at radius 1 is 1.18 bits per heavy atom. The molecule has 1 heterocycles. The van der Waals surface area contributed by atoms with Gasteiger partial charge in [-0.2, -0.15) is 4.31 Å². The summed E-state index contributed by atoms with van der Waals surface area (Å²) in [6.45, 7) is 2.85. The Balaban J connectivity index is 1.88. The van der Waals surface area contributed by atoms with Crippen molar-refractivity contribution < 1.29 is 17.9 Å². The Morgan fingerprint density at radius 2 is 1.86 bits per heavy atom. The minimum atomic E-state index is -3.70. The lowest BCUT2D eigenvalue weighted by Gasteiger charge is -2.19. The van der Waals surface area contributed by atoms with Gasteiger partial charge in [-0.3, -0.25) is 4.79 Å². The van der Waals surface area contributed by atoms with E-state index in [-0.39, 0.29) is 28.2 Å². The van der Waals surface area contributed by atoms with Gasteiger partial charge in [0.15, 0.2) is 0 Å². The summed E-state index contributed by atoms with van der Waals surface area (Å²) in [5, 5.41) is 2.92. The fourth-order valence-corrected chi connectivity index (χ4v) is 5.60. The number of halogens is 1. The number of rotatable bonds is 6. The largest absolute Gasteiger partial charge is 0.495 e. The van der Waals surface area contributed by atoms with Crippen molar-refractivity contribution in [3.05, 3.63) is 58.1 Å². The Morgan fingerprint density at radius 3 is 2.50 bits per heavy atom. The van der Waals surface area contributed by atoms with Gasteiger partial charge in [0.25, 0.3) is 5.91 Å². The quantitative estimate of drug-likeness (QED) is 0.703. The molecule has 1 saturated heterocycles. The second kappa shape index (κ2) is 8.63. The lowest BCUT2D eigenvalue weighted by molar-refractivity contribution is 0.0939. The average molecular weight is 467 g/mol. The van der Waals surface area contributed by atoms with Gasteiger partial charge in [0, 0.05) is 23.1 Å². The van der Waals surface area contributed by atoms with Gasteiger partial charge in [0.1, 0.15) is 10.6 Å². The monoisotopic (exact) mass is 466 g/mol. The van der Waals surface area contributed by atoms with Crippen molar-refractivity contribution in [2.24, 2.45) is 0 Å². The van der Waals surface area contributed by atoms with Crippen molar-refractivity contribution in [1.29, 1.82) is 0 Å². The van der Waals surface area contributed by atoms with Crippen molar-refractivity contribution in [3.8, 4) is 5.75 Å². The van der Waals surface area contributed by atoms with Gasteiger partial charge in [0.05, 0.1) is 13.2 Å². The van der Waals surface area contributed by atoms with E-state index in [2.05, 4.69) is 21.2 Å². The van der Waals surface area contributed by atoms with Gasteiger partial charge >= 0.3 is 0 Å². The summed E-state index contributed by atoms with van der Waals surface area (Å²) >= 11 is 3.48. The molecule has 0 bridgehead atoms. The second-order valence-electron chi connectivity index (χ2n) is 6.69. The van der Waals surface area contributed by atoms with Gasteiger partial charge in [-0.25, -0.2) is 8.42 Å². The van der Waals surface area contributed by atoms with Crippen molar-refractivity contribution in [2.45, 2.75) is 30.7 Å². The molecule has 8 heteroatoms. The van der Waals surface area contributed by atoms with Crippen molar-refractivity contribution in [1.82, 2.24) is 9.62 Å². The zero-order valence-electron chi connectivity index (χ0n) is 15.8. The number of hydrogen-bond acceptors (Lipinski definition) is 4. The van der Waals surface area contributed by atoms with Crippen LogP contribution in [0.5, 0.6) is 5.75 Å². The molecule has 0 aliphatic carbocycles. The zero-order chi connectivity index (χ0) is 20.3. The zero-order valence-corrected chi connectivity index (χ0v) is 18.2. The average Bonchev–Trinajstić information content (AvgIpc) is 3.23. The first kappa shape index (κ1) is 20.8. The number of benzene rings is 2. The van der Waals surface area contributed by atoms with Crippen LogP contribution in [0.15, 0.2) is 51.8 Å². The van der Waals surface area contributed by atoms with Crippen LogP contribution in [0.1, 0.15) is 41.7 Å². The van der Waals surface area contributed by atoms with Crippen LogP contribution in [-0.4, -0.2) is 38.8 Å². The highest BCUT2D eigenvalue weighted by molar-refractivity contribution is 9.10. The number of methoxy groups -OCH3 is 1. The number of ether oxygens (including phenoxy) is 1. The fraction of sp³-hybridized carbons (Fsp3) is 0.350. The third kappa shape index (κ3) is 4.24. The van der Waals surface area contributed by atoms with Crippen LogP contribution in [0.3, 0.4) is 0 Å². The van der Waals surface area contributed by atoms with E-state index in [1.165, 1.54) is 23.5 Å². The second-order valence-corrected chi connectivity index (χ2v) is 9.45. The maximum atomic E-state index is 13.0. The van der Waals surface area contributed by atoms with Crippen LogP contribution in [0, 0.1) is 0 Å². The van der Waals surface area contributed by atoms with Gasteiger partial charge < -0.3 is 10.1 Å². The summed E-state index contributed by atoms with van der Waals surface area (Å²) in [6.07, 6.45) is 1.68. The number of carbonyl (C=O) groups excluding carboxylic acids is 1. The van der Waals surface area contributed by atoms with Gasteiger partial charge in [-0.1, -0.05) is 34.1 Å². The van der Waals surface area contributed by atoms with E-state index >= 15 is 0 Å². The van der Waals surface area contributed by atoms with Gasteiger partial charge in [-0.05, 0) is 49.6 Å². The minimum Gasteiger partial charge on any atom is -0.495 e. The SMILES string of the molecule is COc1ccc(C(=O)NC(C)c2ccccc2Br)cc1S(=O)(=O)N1CCCC1. The molecule has 1 fully saturated rings. The molecule has 2 aromatic rings. The number of sulfonamides is 1. The molecule has 150 valence electrons. The highest BCUT2D eigenvalue weighted by atomic mass is 79.9. The van der Waals surface area contributed by atoms with E-state index in [4.69, 9.17) is 4.74 Å². The number of nitrogens with zero attached hydrogens (tertiary/aromatic N) is 1. The maximum Gasteiger partial charge on any atom is 0.251 e. The molecule has 1 aliphatic rings. The van der Waals surface area contributed by atoms with Crippen LogP contribution in [0.4, 0.5) is 0 Å². The summed E-state index contributed by atoms with van der Waals surface area (Å²) < 4.78 is 33.6. The molecule has 0 aromatic heterocycles. The summed E-state index contributed by atoms with van der Waals surface area (Å²) in [5.41, 5.74) is 1.21. The molecule has 3 rings (SSSR count). The van der Waals surface area contributed by atoms with E-state index in [1.54, 1.807) is 6.07 Å². The van der Waals surface area contributed by atoms with Gasteiger partial charge in [0.2, 0.25) is 10.0 Å². The van der Waals surface area contributed by atoms with E-state index in [1.807, 2.05) is 31.2 Å². The number of hydrogen-bond donors (Lipinski definition) is 1. The molecule has 2 aromatic carbocycles. The standard InChI is InChI=1S/C20H23BrN2O4S/c1-14(16-7-3-4-8-17(16)21)22-20(24)15-9-10-18(27-2)19(13-15)28(25,26)23-11-5-6-12-23/h3-4,7-10,13-14H,5-6,11-12H2,1-2H3,(H,22,24). The Labute approximate surface area is 174 Å². The molecule has 1 N–H and O–H groups in total. The van der Waals surface area contributed by atoms with Crippen molar-refractivity contribution in [3.63, 3.8) is 0 Å². The van der Waals surface area contributed by atoms with E-state index in [0.717, 1.165) is 22.9 Å². The van der Waals surface area contributed by atoms with Gasteiger partial charge in [-0.15, -0.1) is 0 Å². The molecule has 0 saturated carbocycles. The molecular weight excluding hydrogens is 444 g/mol. The predicted molar refractivity (Wildman–Crippen MR) is 111 cm³/mol. The first-order valence-electron chi connectivity index (χ1n) is 9.08. The summed E-state index contributed by atoms with van der Waals surface area (Å²) in [7, 11) is -2.28. The summed E-state index contributed by atoms with van der Waals surface area (Å²) in [5.74, 6) is -0.105. The molecule has 6 nitrogen and oxygen atoms in total.